The lowest BCUT2D eigenvalue weighted by Gasteiger charge is -2.21. The molecule has 2 rings (SSSR count). The van der Waals surface area contributed by atoms with Crippen LogP contribution in [0.2, 0.25) is 6.32 Å². The van der Waals surface area contributed by atoms with E-state index in [0.29, 0.717) is 11.6 Å². The Morgan fingerprint density at radius 1 is 1.31 bits per heavy atom. The van der Waals surface area contributed by atoms with E-state index in [1.807, 2.05) is 39.0 Å². The first kappa shape index (κ1) is 26.0. The van der Waals surface area contributed by atoms with Gasteiger partial charge >= 0.3 is 0 Å². The predicted octanol–water partition coefficient (Wildman–Crippen LogP) is 5.97. The van der Waals surface area contributed by atoms with Gasteiger partial charge in [0.25, 0.3) is 0 Å². The van der Waals surface area contributed by atoms with E-state index in [1.54, 1.807) is 20.3 Å². The maximum absolute atomic E-state index is 13.6. The van der Waals surface area contributed by atoms with E-state index in [9.17, 15) is 9.18 Å². The first-order chi connectivity index (χ1) is 15.3. The van der Waals surface area contributed by atoms with E-state index in [4.69, 9.17) is 4.99 Å². The van der Waals surface area contributed by atoms with Crippen molar-refractivity contribution >= 4 is 18.7 Å². The maximum atomic E-state index is 13.6. The van der Waals surface area contributed by atoms with E-state index in [2.05, 4.69) is 11.9 Å². The van der Waals surface area contributed by atoms with Gasteiger partial charge in [-0.15, -0.1) is 0 Å². The quantitative estimate of drug-likeness (QED) is 0.264. The lowest BCUT2D eigenvalue weighted by molar-refractivity contribution is -0.106. The van der Waals surface area contributed by atoms with Crippen molar-refractivity contribution in [3.8, 4) is 0 Å². The van der Waals surface area contributed by atoms with Gasteiger partial charge in [0.15, 0.2) is 0 Å². The maximum Gasteiger partial charge on any atom is 0.211 e. The topological polar surface area (TPSA) is 41.5 Å². The molecular weight excluding hydrogens is 398 g/mol. The number of aryl methyl sites for hydroxylation is 2. The number of halogens is 1. The molecule has 5 heteroatoms. The lowest BCUT2D eigenvalue weighted by atomic mass is 9.63. The zero-order valence-corrected chi connectivity index (χ0v) is 20.1. The Balaban J connectivity index is 2.10. The second kappa shape index (κ2) is 13.3. The number of carbonyl (C=O) groups excluding carboxylic acids is 1. The Kier molecular flexibility index (Phi) is 10.8. The smallest absolute Gasteiger partial charge is 0.211 e. The van der Waals surface area contributed by atoms with E-state index < -0.39 is 0 Å². The average molecular weight is 435 g/mol. The highest BCUT2D eigenvalue weighted by molar-refractivity contribution is 6.88. The molecule has 1 aromatic carbocycles. The summed E-state index contributed by atoms with van der Waals surface area (Å²) in [6.07, 6.45) is 9.52. The van der Waals surface area contributed by atoms with Crippen LogP contribution in [-0.4, -0.2) is 31.8 Å². The fourth-order valence-corrected chi connectivity index (χ4v) is 4.06. The van der Waals surface area contributed by atoms with Gasteiger partial charge in [-0.25, -0.2) is 4.39 Å². The second-order valence-corrected chi connectivity index (χ2v) is 8.77. The summed E-state index contributed by atoms with van der Waals surface area (Å²) in [6.45, 7) is 13.9. The van der Waals surface area contributed by atoms with Crippen LogP contribution in [0.1, 0.15) is 57.6 Å². The monoisotopic (exact) mass is 435 g/mol. The third kappa shape index (κ3) is 8.35. The average Bonchev–Trinajstić information content (AvgIpc) is 2.78. The summed E-state index contributed by atoms with van der Waals surface area (Å²) in [4.78, 5) is 17.4. The van der Waals surface area contributed by atoms with Crippen molar-refractivity contribution in [2.24, 2.45) is 10.9 Å². The lowest BCUT2D eigenvalue weighted by Crippen LogP contribution is -2.30. The largest absolute Gasteiger partial charge is 0.317 e. The zero-order valence-electron chi connectivity index (χ0n) is 20.1. The third-order valence-electron chi connectivity index (χ3n) is 6.01. The first-order valence-electron chi connectivity index (χ1n) is 11.7. The van der Waals surface area contributed by atoms with Crippen molar-refractivity contribution < 1.29 is 9.18 Å². The Bertz CT molecular complexity index is 895. The van der Waals surface area contributed by atoms with Crippen LogP contribution in [-0.2, 0) is 11.2 Å². The molecule has 1 radical (unpaired) electrons. The summed E-state index contributed by atoms with van der Waals surface area (Å²) >= 11 is 0. The minimum atomic E-state index is -0.197. The number of benzene rings is 1. The molecule has 1 aromatic rings. The van der Waals surface area contributed by atoms with Crippen LogP contribution in [0, 0.1) is 18.7 Å². The highest BCUT2D eigenvalue weighted by Crippen LogP contribution is 2.23. The molecule has 171 valence electrons. The Labute approximate surface area is 194 Å². The van der Waals surface area contributed by atoms with Gasteiger partial charge in [-0.1, -0.05) is 31.1 Å². The van der Waals surface area contributed by atoms with E-state index >= 15 is 0 Å². The summed E-state index contributed by atoms with van der Waals surface area (Å²) in [5.74, 6) is 0.381. The predicted molar refractivity (Wildman–Crippen MR) is 135 cm³/mol. The summed E-state index contributed by atoms with van der Waals surface area (Å²) < 4.78 is 13.6. The molecule has 1 aliphatic heterocycles. The van der Waals surface area contributed by atoms with Crippen molar-refractivity contribution in [2.75, 3.05) is 13.1 Å². The van der Waals surface area contributed by atoms with Crippen LogP contribution in [0.3, 0.4) is 0 Å². The van der Waals surface area contributed by atoms with Crippen molar-refractivity contribution in [3.63, 3.8) is 0 Å². The molecule has 3 nitrogen and oxygen atoms in total. The molecule has 1 aliphatic rings. The molecule has 1 N–H and O–H groups in total. The van der Waals surface area contributed by atoms with Crippen LogP contribution in [0.5, 0.6) is 0 Å². The minimum absolute atomic E-state index is 0.00232. The van der Waals surface area contributed by atoms with Gasteiger partial charge in [-0.3, -0.25) is 4.99 Å². The number of aliphatic imine (C=N–C) groups is 1. The molecule has 0 aliphatic carbocycles. The van der Waals surface area contributed by atoms with Crippen LogP contribution in [0.25, 0.3) is 0 Å². The van der Waals surface area contributed by atoms with Gasteiger partial charge < -0.3 is 10.1 Å². The van der Waals surface area contributed by atoms with Gasteiger partial charge in [0, 0.05) is 0 Å². The number of carbonyl (C=O) groups is 1. The minimum Gasteiger partial charge on any atom is -0.317 e. The van der Waals surface area contributed by atoms with Crippen LogP contribution in [0.4, 0.5) is 4.39 Å². The van der Waals surface area contributed by atoms with E-state index in [-0.39, 0.29) is 11.5 Å². The Morgan fingerprint density at radius 2 is 2.03 bits per heavy atom. The fraction of sp³-hybridized carbons (Fsp3) is 0.481. The Morgan fingerprint density at radius 3 is 2.69 bits per heavy atom. The van der Waals surface area contributed by atoms with Gasteiger partial charge in [-0.2, -0.15) is 0 Å². The standard InChI is InChI=1S/C27H37BFN2O/c1-6-8-23(9-7-10-24-17-25(29)12-11-20(24)4)26(19(2)3)31-21(5)27(32)28-18-22-13-15-30-16-14-22/h6,8,11-12,17,22,30H,2,7,9-10,13-16,18H2,1,3-5H3/b8-6-,26-23-,31-21?. The highest BCUT2D eigenvalue weighted by atomic mass is 19.1. The molecule has 32 heavy (non-hydrogen) atoms. The van der Waals surface area contributed by atoms with Crippen molar-refractivity contribution in [2.45, 2.75) is 66.1 Å². The Hall–Kier alpha value is -2.27. The number of rotatable bonds is 11. The normalized spacial score (nSPS) is 16.2. The third-order valence-corrected chi connectivity index (χ3v) is 6.01. The van der Waals surface area contributed by atoms with Gasteiger partial charge in [0.1, 0.15) is 11.5 Å². The highest BCUT2D eigenvalue weighted by Gasteiger charge is 2.17. The fourth-order valence-electron chi connectivity index (χ4n) is 4.06. The number of hydrogen-bond donors (Lipinski definition) is 1. The van der Waals surface area contributed by atoms with Crippen LogP contribution >= 0.6 is 0 Å². The van der Waals surface area contributed by atoms with Gasteiger partial charge in [0.05, 0.1) is 11.4 Å². The number of nitrogens with zero attached hydrogens (tertiary/aromatic N) is 1. The van der Waals surface area contributed by atoms with E-state index in [0.717, 1.165) is 79.5 Å². The van der Waals surface area contributed by atoms with Crippen molar-refractivity contribution in [1.82, 2.24) is 5.32 Å². The molecule has 0 unspecified atom stereocenters. The SMILES string of the molecule is C=C(C)/C(N=C(C)C(=O)[B]CC1CCNCC1)=C(\C=C/C)CCCc1cc(F)ccc1C. The molecule has 0 amide bonds. The summed E-state index contributed by atoms with van der Waals surface area (Å²) in [6, 6.07) is 4.94. The van der Waals surface area contributed by atoms with Crippen LogP contribution in [0.15, 0.2) is 58.8 Å². The van der Waals surface area contributed by atoms with Gasteiger partial charge in [0.2, 0.25) is 7.28 Å². The van der Waals surface area contributed by atoms with Gasteiger partial charge in [-0.05, 0) is 113 Å². The first-order valence-corrected chi connectivity index (χ1v) is 11.7. The second-order valence-electron chi connectivity index (χ2n) is 8.77. The molecule has 0 spiro atoms. The molecule has 0 aromatic heterocycles. The molecule has 1 saturated heterocycles. The molecule has 0 atom stereocenters. The van der Waals surface area contributed by atoms with Crippen molar-refractivity contribution in [3.05, 3.63) is 70.7 Å². The molecular formula is C27H37BFN2O. The molecule has 1 fully saturated rings. The number of nitrogens with one attached hydrogen (secondary N) is 1. The summed E-state index contributed by atoms with van der Waals surface area (Å²) in [7, 11) is 1.80. The molecule has 1 heterocycles. The van der Waals surface area contributed by atoms with E-state index in [1.165, 1.54) is 6.07 Å². The summed E-state index contributed by atoms with van der Waals surface area (Å²) in [5, 5.41) is 3.36. The number of piperidine rings is 1. The number of hydrogen-bond acceptors (Lipinski definition) is 3. The molecule has 0 bridgehead atoms. The van der Waals surface area contributed by atoms with Crippen molar-refractivity contribution in [1.29, 1.82) is 0 Å². The molecule has 0 saturated carbocycles. The zero-order chi connectivity index (χ0) is 23.5. The number of allylic oxidation sites excluding steroid dienone is 4. The summed E-state index contributed by atoms with van der Waals surface area (Å²) in [5.41, 5.74) is 5.30. The van der Waals surface area contributed by atoms with Crippen LogP contribution < -0.4 is 5.32 Å².